The van der Waals surface area contributed by atoms with Crippen LogP contribution in [-0.4, -0.2) is 6.71 Å². The monoisotopic (exact) mass is 903 g/mol. The number of fused-ring (bicyclic) bond motifs is 9. The van der Waals surface area contributed by atoms with Crippen LogP contribution >= 0.6 is 0 Å². The summed E-state index contributed by atoms with van der Waals surface area (Å²) in [5.74, 6) is 0.961. The van der Waals surface area contributed by atoms with E-state index in [9.17, 15) is 0 Å². The van der Waals surface area contributed by atoms with E-state index in [0.717, 1.165) is 17.9 Å². The zero-order valence-electron chi connectivity index (χ0n) is 45.1. The SMILES string of the molecule is CC(C)(C)c1cc2c3c(c1)N(c1ccc4c(c1)C(C)(C)CCC4(C)C)c1oc4ccc(C(C)(C)C)cc4c1B3c1cc3c(cc1N2c1ccc2c(c1)C(C)(C)CCC2(C)C)C(C)(C)CCC3(C)C. The summed E-state index contributed by atoms with van der Waals surface area (Å²) < 4.78 is 7.47. The maximum absolute atomic E-state index is 7.47. The second kappa shape index (κ2) is 14.0. The summed E-state index contributed by atoms with van der Waals surface area (Å²) >= 11 is 0. The van der Waals surface area contributed by atoms with Crippen LogP contribution in [0, 0.1) is 0 Å². The summed E-state index contributed by atoms with van der Waals surface area (Å²) in [4.78, 5) is 5.28. The number of furan rings is 1. The molecule has 0 amide bonds. The van der Waals surface area contributed by atoms with Gasteiger partial charge in [0.15, 0.2) is 0 Å². The van der Waals surface area contributed by atoms with Gasteiger partial charge in [-0.3, -0.25) is 4.90 Å². The van der Waals surface area contributed by atoms with Gasteiger partial charge in [-0.2, -0.15) is 0 Å². The van der Waals surface area contributed by atoms with Crippen molar-refractivity contribution in [2.75, 3.05) is 9.80 Å². The van der Waals surface area contributed by atoms with Gasteiger partial charge < -0.3 is 9.32 Å². The Bertz CT molecular complexity index is 3120. The van der Waals surface area contributed by atoms with Crippen molar-refractivity contribution in [3.63, 3.8) is 0 Å². The number of benzene rings is 5. The van der Waals surface area contributed by atoms with Crippen LogP contribution in [0.5, 0.6) is 0 Å². The highest BCUT2D eigenvalue weighted by molar-refractivity contribution is 7.01. The van der Waals surface area contributed by atoms with E-state index in [1.54, 1.807) is 0 Å². The van der Waals surface area contributed by atoms with E-state index < -0.39 is 0 Å². The van der Waals surface area contributed by atoms with Gasteiger partial charge in [-0.15, -0.1) is 0 Å². The van der Waals surface area contributed by atoms with E-state index in [2.05, 4.69) is 213 Å². The molecule has 3 nitrogen and oxygen atoms in total. The van der Waals surface area contributed by atoms with Crippen molar-refractivity contribution in [1.82, 2.24) is 0 Å². The molecule has 0 unspecified atom stereocenters. The van der Waals surface area contributed by atoms with E-state index in [0.29, 0.717) is 0 Å². The predicted molar refractivity (Wildman–Crippen MR) is 293 cm³/mol. The van der Waals surface area contributed by atoms with Gasteiger partial charge in [0.1, 0.15) is 5.58 Å². The van der Waals surface area contributed by atoms with Crippen LogP contribution in [-0.2, 0) is 43.3 Å². The molecule has 0 radical (unpaired) electrons. The molecule has 0 N–H and O–H groups in total. The molecule has 0 fully saturated rings. The highest BCUT2D eigenvalue weighted by Gasteiger charge is 2.50. The Balaban J connectivity index is 1.30. The Morgan fingerprint density at radius 2 is 0.838 bits per heavy atom. The first-order chi connectivity index (χ1) is 31.4. The van der Waals surface area contributed by atoms with Gasteiger partial charge in [0, 0.05) is 39.3 Å². The van der Waals surface area contributed by atoms with E-state index in [-0.39, 0.29) is 50.0 Å². The first-order valence-corrected chi connectivity index (χ1v) is 26.3. The van der Waals surface area contributed by atoms with E-state index >= 15 is 0 Å². The standard InChI is InChI=1S/C64H79BN2O/c1-57(2,3)38-19-24-53-42(31-38)54-56(68-53)67(41-21-23-44-46(35-41)62(13,14)28-26-60(44,9)10)52-33-39(58(4,5)6)32-51-55(52)65(54)49-36-47-48(64(17,18)30-29-63(47,15)16)37-50(49)66(51)40-20-22-43-45(34-40)61(11,12)27-25-59(43,7)8/h19-24,31-37H,25-30H2,1-18H3. The molecule has 354 valence electrons. The number of anilines is 6. The van der Waals surface area contributed by atoms with Crippen molar-refractivity contribution < 1.29 is 4.42 Å². The summed E-state index contributed by atoms with van der Waals surface area (Å²) in [7, 11) is 0. The average Bonchev–Trinajstić information content (AvgIpc) is 3.63. The van der Waals surface area contributed by atoms with Crippen LogP contribution in [0.3, 0.4) is 0 Å². The maximum Gasteiger partial charge on any atom is 0.257 e. The lowest BCUT2D eigenvalue weighted by Crippen LogP contribution is -2.61. The molecule has 0 bridgehead atoms. The molecule has 3 heterocycles. The molecule has 68 heavy (non-hydrogen) atoms. The summed E-state index contributed by atoms with van der Waals surface area (Å²) in [5, 5.41) is 1.23. The van der Waals surface area contributed by atoms with Crippen LogP contribution in [0.15, 0.2) is 83.3 Å². The maximum atomic E-state index is 7.47. The van der Waals surface area contributed by atoms with Crippen molar-refractivity contribution in [1.29, 1.82) is 0 Å². The first-order valence-electron chi connectivity index (χ1n) is 26.3. The minimum Gasteiger partial charge on any atom is -0.440 e. The molecule has 5 aromatic carbocycles. The Morgan fingerprint density at radius 1 is 0.412 bits per heavy atom. The van der Waals surface area contributed by atoms with Crippen molar-refractivity contribution >= 4 is 68.4 Å². The second-order valence-electron chi connectivity index (χ2n) is 28.3. The van der Waals surface area contributed by atoms with E-state index in [1.165, 1.54) is 127 Å². The van der Waals surface area contributed by atoms with Crippen molar-refractivity contribution in [3.8, 4) is 0 Å². The minimum absolute atomic E-state index is 0.0288. The Hall–Kier alpha value is -4.70. The van der Waals surface area contributed by atoms with Gasteiger partial charge in [0.05, 0.1) is 0 Å². The largest absolute Gasteiger partial charge is 0.440 e. The van der Waals surface area contributed by atoms with Crippen LogP contribution < -0.4 is 26.2 Å². The third-order valence-electron chi connectivity index (χ3n) is 18.6. The smallest absolute Gasteiger partial charge is 0.257 e. The highest BCUT2D eigenvalue weighted by Crippen LogP contribution is 2.55. The lowest BCUT2D eigenvalue weighted by molar-refractivity contribution is 0.332. The molecule has 3 aliphatic carbocycles. The fourth-order valence-electron chi connectivity index (χ4n) is 13.4. The average molecular weight is 903 g/mol. The molecule has 5 aliphatic rings. The highest BCUT2D eigenvalue weighted by atomic mass is 16.4. The van der Waals surface area contributed by atoms with E-state index in [4.69, 9.17) is 4.42 Å². The number of rotatable bonds is 2. The number of hydrogen-bond acceptors (Lipinski definition) is 3. The zero-order chi connectivity index (χ0) is 48.8. The van der Waals surface area contributed by atoms with Crippen molar-refractivity contribution in [2.24, 2.45) is 0 Å². The summed E-state index contributed by atoms with van der Waals surface area (Å²) in [5.41, 5.74) is 23.2. The minimum atomic E-state index is -0.125. The van der Waals surface area contributed by atoms with Gasteiger partial charge in [0.2, 0.25) is 5.88 Å². The number of nitrogens with zero attached hydrogens (tertiary/aromatic N) is 2. The Morgan fingerprint density at radius 3 is 1.32 bits per heavy atom. The molecule has 4 heteroatoms. The lowest BCUT2D eigenvalue weighted by atomic mass is 9.33. The molecule has 1 aromatic heterocycles. The molecule has 0 saturated heterocycles. The summed E-state index contributed by atoms with van der Waals surface area (Å²) in [6.07, 6.45) is 7.06. The van der Waals surface area contributed by atoms with Crippen LogP contribution in [0.4, 0.5) is 34.3 Å². The van der Waals surface area contributed by atoms with Gasteiger partial charge in [-0.1, -0.05) is 149 Å². The molecular formula is C64H79BN2O. The van der Waals surface area contributed by atoms with Gasteiger partial charge in [-0.25, -0.2) is 0 Å². The van der Waals surface area contributed by atoms with Gasteiger partial charge in [0.25, 0.3) is 6.71 Å². The Kier molecular flexibility index (Phi) is 9.42. The first kappa shape index (κ1) is 45.7. The third-order valence-corrected chi connectivity index (χ3v) is 18.6. The molecule has 11 rings (SSSR count). The Labute approximate surface area is 410 Å². The molecular weight excluding hydrogens is 824 g/mol. The molecule has 0 atom stereocenters. The third kappa shape index (κ3) is 6.64. The van der Waals surface area contributed by atoms with Crippen molar-refractivity contribution in [3.05, 3.63) is 123 Å². The van der Waals surface area contributed by atoms with Crippen LogP contribution in [0.25, 0.3) is 11.0 Å². The quantitative estimate of drug-likeness (QED) is 0.161. The predicted octanol–water partition coefficient (Wildman–Crippen LogP) is 16.2. The molecule has 2 aliphatic heterocycles. The zero-order valence-corrected chi connectivity index (χ0v) is 45.1. The fraction of sp³-hybridized carbons (Fsp3) is 0.500. The molecule has 6 aromatic rings. The lowest BCUT2D eigenvalue weighted by Gasteiger charge is -2.48. The molecule has 0 spiro atoms. The van der Waals surface area contributed by atoms with Crippen LogP contribution in [0.1, 0.15) is 208 Å². The van der Waals surface area contributed by atoms with Crippen molar-refractivity contribution in [2.45, 2.75) is 206 Å². The summed E-state index contributed by atoms with van der Waals surface area (Å²) in [6, 6.07) is 32.5. The normalized spacial score (nSPS) is 21.1. The van der Waals surface area contributed by atoms with Gasteiger partial charge >= 0.3 is 0 Å². The number of hydrogen-bond donors (Lipinski definition) is 0. The fourth-order valence-corrected chi connectivity index (χ4v) is 13.4. The summed E-state index contributed by atoms with van der Waals surface area (Å²) in [6.45, 7) is 43.8. The van der Waals surface area contributed by atoms with Crippen LogP contribution in [0.2, 0.25) is 0 Å². The van der Waals surface area contributed by atoms with Gasteiger partial charge in [-0.05, 0) is 192 Å². The second-order valence-corrected chi connectivity index (χ2v) is 28.3. The topological polar surface area (TPSA) is 19.6 Å². The van der Waals surface area contributed by atoms with E-state index in [1.807, 2.05) is 0 Å². The molecule has 0 saturated carbocycles.